The van der Waals surface area contributed by atoms with Crippen molar-refractivity contribution >= 4 is 27.9 Å². The molecule has 0 unspecified atom stereocenters. The number of rotatable bonds is 4. The van der Waals surface area contributed by atoms with Gasteiger partial charge in [-0.05, 0) is 65.1 Å². The van der Waals surface area contributed by atoms with Crippen molar-refractivity contribution in [2.45, 2.75) is 12.8 Å². The number of allylic oxidation sites excluding steroid dienone is 1. The molecule has 0 N–H and O–H groups in total. The van der Waals surface area contributed by atoms with Crippen molar-refractivity contribution in [3.8, 4) is 45.3 Å². The maximum Gasteiger partial charge on any atom is 0.159 e. The second kappa shape index (κ2) is 9.63. The van der Waals surface area contributed by atoms with Crippen molar-refractivity contribution in [1.82, 2.24) is 29.1 Å². The Morgan fingerprint density at radius 2 is 1.31 bits per heavy atom. The lowest BCUT2D eigenvalue weighted by Gasteiger charge is -2.13. The molecule has 0 spiro atoms. The van der Waals surface area contributed by atoms with Gasteiger partial charge in [0.2, 0.25) is 0 Å². The van der Waals surface area contributed by atoms with Gasteiger partial charge in [0.1, 0.15) is 11.4 Å². The summed E-state index contributed by atoms with van der Waals surface area (Å²) >= 11 is 0. The zero-order valence-corrected chi connectivity index (χ0v) is 23.5. The third-order valence-corrected chi connectivity index (χ3v) is 8.37. The topological polar surface area (TPSA) is 61.4 Å². The van der Waals surface area contributed by atoms with Crippen LogP contribution in [0.2, 0.25) is 0 Å². The van der Waals surface area contributed by atoms with Gasteiger partial charge in [0.25, 0.3) is 0 Å². The van der Waals surface area contributed by atoms with Crippen molar-refractivity contribution in [2.24, 2.45) is 14.1 Å². The van der Waals surface area contributed by atoms with Crippen LogP contribution in [0.4, 0.5) is 0 Å². The van der Waals surface area contributed by atoms with Crippen molar-refractivity contribution in [3.05, 3.63) is 115 Å². The van der Waals surface area contributed by atoms with Gasteiger partial charge in [-0.3, -0.25) is 9.97 Å². The third-order valence-electron chi connectivity index (χ3n) is 8.37. The minimum atomic E-state index is 0.851. The second-order valence-corrected chi connectivity index (χ2v) is 10.8. The van der Waals surface area contributed by atoms with E-state index < -0.39 is 0 Å². The summed E-state index contributed by atoms with van der Waals surface area (Å²) in [7, 11) is 4.12. The molecule has 8 rings (SSSR count). The highest BCUT2D eigenvalue weighted by Crippen LogP contribution is 2.37. The van der Waals surface area contributed by atoms with Crippen LogP contribution >= 0.6 is 0 Å². The van der Waals surface area contributed by atoms with Gasteiger partial charge in [-0.1, -0.05) is 66.7 Å². The van der Waals surface area contributed by atoms with Crippen LogP contribution in [0.15, 0.2) is 103 Å². The SMILES string of the molecule is Cn1c(-c2ccc(-c3cccc4cccc(-c5ccc(-c6nc7ccccc7n6C)nc5)c34)cn2)nc2c1CCC=C2. The van der Waals surface area contributed by atoms with E-state index in [9.17, 15) is 0 Å². The van der Waals surface area contributed by atoms with E-state index in [2.05, 4.69) is 95.1 Å². The molecule has 0 amide bonds. The highest BCUT2D eigenvalue weighted by Gasteiger charge is 2.18. The maximum absolute atomic E-state index is 4.88. The standard InChI is InChI=1S/C36H28N6/c1-41-32-15-5-3-13-28(32)39-35(41)30-19-17-24(21-37-30)26-11-7-9-23-10-8-12-27(34(23)26)25-18-20-31(38-22-25)36-40-29-14-4-6-16-33(29)42(36)2/h3-5,7-15,17-22H,6,16H2,1-2H3. The molecule has 0 bridgehead atoms. The largest absolute Gasteiger partial charge is 0.329 e. The molecule has 0 saturated carbocycles. The summed E-state index contributed by atoms with van der Waals surface area (Å²) in [6.45, 7) is 0. The van der Waals surface area contributed by atoms with E-state index in [0.29, 0.717) is 0 Å². The zero-order valence-electron chi connectivity index (χ0n) is 23.5. The monoisotopic (exact) mass is 544 g/mol. The van der Waals surface area contributed by atoms with Gasteiger partial charge in [0.15, 0.2) is 11.6 Å². The number of benzene rings is 3. The van der Waals surface area contributed by atoms with Crippen LogP contribution in [-0.2, 0) is 20.5 Å². The first-order valence-electron chi connectivity index (χ1n) is 14.2. The maximum atomic E-state index is 4.88. The Labute approximate surface area is 243 Å². The summed E-state index contributed by atoms with van der Waals surface area (Å²) in [5, 5.41) is 2.36. The lowest BCUT2D eigenvalue weighted by atomic mass is 9.92. The highest BCUT2D eigenvalue weighted by molar-refractivity contribution is 6.06. The van der Waals surface area contributed by atoms with Crippen molar-refractivity contribution < 1.29 is 0 Å². The molecule has 202 valence electrons. The average Bonchev–Trinajstić information content (AvgIpc) is 3.57. The van der Waals surface area contributed by atoms with E-state index in [1.165, 1.54) is 16.5 Å². The van der Waals surface area contributed by atoms with Gasteiger partial charge in [-0.2, -0.15) is 0 Å². The molecule has 7 aromatic rings. The summed E-state index contributed by atoms with van der Waals surface area (Å²) in [4.78, 5) is 19.4. The first-order valence-corrected chi connectivity index (χ1v) is 14.2. The molecule has 0 aliphatic heterocycles. The molecular weight excluding hydrogens is 516 g/mol. The van der Waals surface area contributed by atoms with Crippen molar-refractivity contribution in [1.29, 1.82) is 0 Å². The van der Waals surface area contributed by atoms with E-state index >= 15 is 0 Å². The predicted octanol–water partition coefficient (Wildman–Crippen LogP) is 7.88. The van der Waals surface area contributed by atoms with Crippen LogP contribution in [0.1, 0.15) is 17.8 Å². The summed E-state index contributed by atoms with van der Waals surface area (Å²) in [5.74, 6) is 1.76. The van der Waals surface area contributed by atoms with Gasteiger partial charge in [0, 0.05) is 43.3 Å². The molecular formula is C36H28N6. The second-order valence-electron chi connectivity index (χ2n) is 10.8. The van der Waals surface area contributed by atoms with Crippen molar-refractivity contribution in [2.75, 3.05) is 0 Å². The van der Waals surface area contributed by atoms with Crippen molar-refractivity contribution in [3.63, 3.8) is 0 Å². The molecule has 0 atom stereocenters. The fourth-order valence-corrected chi connectivity index (χ4v) is 6.19. The number of nitrogens with zero attached hydrogens (tertiary/aromatic N) is 6. The number of aryl methyl sites for hydroxylation is 1. The fraction of sp³-hybridized carbons (Fsp3) is 0.111. The molecule has 6 heteroatoms. The Balaban J connectivity index is 1.18. The summed E-state index contributed by atoms with van der Waals surface area (Å²) < 4.78 is 4.28. The molecule has 0 fully saturated rings. The van der Waals surface area contributed by atoms with E-state index in [1.807, 2.05) is 37.6 Å². The minimum Gasteiger partial charge on any atom is -0.329 e. The number of para-hydroxylation sites is 2. The lowest BCUT2D eigenvalue weighted by molar-refractivity contribution is 0.806. The van der Waals surface area contributed by atoms with Gasteiger partial charge in [-0.15, -0.1) is 0 Å². The van der Waals surface area contributed by atoms with Crippen LogP contribution < -0.4 is 0 Å². The molecule has 0 saturated heterocycles. The number of hydrogen-bond acceptors (Lipinski definition) is 4. The van der Waals surface area contributed by atoms with E-state index in [-0.39, 0.29) is 0 Å². The number of imidazole rings is 2. The molecule has 0 radical (unpaired) electrons. The minimum absolute atomic E-state index is 0.851. The number of pyridine rings is 2. The molecule has 1 aliphatic rings. The highest BCUT2D eigenvalue weighted by atomic mass is 15.1. The van der Waals surface area contributed by atoms with Crippen LogP contribution in [0.5, 0.6) is 0 Å². The number of fused-ring (bicyclic) bond motifs is 3. The fourth-order valence-electron chi connectivity index (χ4n) is 6.19. The molecule has 4 aromatic heterocycles. The Bertz CT molecular complexity index is 2140. The van der Waals surface area contributed by atoms with Gasteiger partial charge < -0.3 is 9.13 Å². The summed E-state index contributed by atoms with van der Waals surface area (Å²) in [6, 6.07) is 29.5. The summed E-state index contributed by atoms with van der Waals surface area (Å²) in [6.07, 6.45) is 10.3. The molecule has 4 heterocycles. The molecule has 42 heavy (non-hydrogen) atoms. The Hall–Kier alpha value is -5.36. The van der Waals surface area contributed by atoms with Crippen LogP contribution in [0, 0.1) is 0 Å². The van der Waals surface area contributed by atoms with Gasteiger partial charge in [-0.25, -0.2) is 9.97 Å². The summed E-state index contributed by atoms with van der Waals surface area (Å²) in [5.41, 5.74) is 10.5. The first kappa shape index (κ1) is 24.4. The van der Waals surface area contributed by atoms with Crippen LogP contribution in [0.3, 0.4) is 0 Å². The predicted molar refractivity (Wildman–Crippen MR) is 170 cm³/mol. The molecule has 3 aromatic carbocycles. The number of hydrogen-bond donors (Lipinski definition) is 0. The van der Waals surface area contributed by atoms with Gasteiger partial charge in [0.05, 0.1) is 16.7 Å². The normalized spacial score (nSPS) is 12.7. The van der Waals surface area contributed by atoms with E-state index in [4.69, 9.17) is 19.9 Å². The number of aromatic nitrogens is 6. The van der Waals surface area contributed by atoms with Crippen LogP contribution in [-0.4, -0.2) is 29.1 Å². The third kappa shape index (κ3) is 3.87. The smallest absolute Gasteiger partial charge is 0.159 e. The zero-order chi connectivity index (χ0) is 28.2. The Morgan fingerprint density at radius 3 is 1.93 bits per heavy atom. The van der Waals surface area contributed by atoms with Crippen LogP contribution in [0.25, 0.3) is 73.2 Å². The molecule has 1 aliphatic carbocycles. The average molecular weight is 545 g/mol. The quantitative estimate of drug-likeness (QED) is 0.226. The first-order chi connectivity index (χ1) is 20.7. The Kier molecular flexibility index (Phi) is 5.60. The van der Waals surface area contributed by atoms with E-state index in [1.54, 1.807) is 0 Å². The molecule has 6 nitrogen and oxygen atoms in total. The Morgan fingerprint density at radius 1 is 0.643 bits per heavy atom. The van der Waals surface area contributed by atoms with Gasteiger partial charge >= 0.3 is 0 Å². The van der Waals surface area contributed by atoms with E-state index in [0.717, 1.165) is 74.9 Å². The lowest BCUT2D eigenvalue weighted by Crippen LogP contribution is -2.01.